The van der Waals surface area contributed by atoms with Crippen molar-refractivity contribution in [2.75, 3.05) is 0 Å². The van der Waals surface area contributed by atoms with Gasteiger partial charge in [-0.1, -0.05) is 148 Å². The molecule has 0 saturated carbocycles. The Kier molecular flexibility index (Phi) is 18.8. The zero-order valence-electron chi connectivity index (χ0n) is 125. The Hall–Kier alpha value is -15.6. The average molecular weight is 2000 g/mol. The lowest BCUT2D eigenvalue weighted by molar-refractivity contribution is -0.667. The van der Waals surface area contributed by atoms with Gasteiger partial charge in [0.1, 0.15) is 103 Å². The van der Waals surface area contributed by atoms with Crippen molar-refractivity contribution in [3.05, 3.63) is 319 Å². The molecule has 20 aromatic rings. The number of furan rings is 5. The van der Waals surface area contributed by atoms with Crippen molar-refractivity contribution >= 4 is 110 Å². The third-order valence-corrected chi connectivity index (χ3v) is 28.0. The molecule has 20 rings (SSSR count). The average Bonchev–Trinajstić information content (AvgIpc) is 1.48. The van der Waals surface area contributed by atoms with Crippen molar-refractivity contribution in [2.45, 2.75) is 238 Å². The van der Waals surface area contributed by atoms with Crippen LogP contribution in [0.15, 0.2) is 174 Å². The van der Waals surface area contributed by atoms with Gasteiger partial charge in [0, 0.05) is 190 Å². The predicted octanol–water partition coefficient (Wildman–Crippen LogP) is 31.8. The smallest absolute Gasteiger partial charge is 0.216 e. The molecular formula is C133H141N10O5+5. The molecule has 0 saturated heterocycles. The van der Waals surface area contributed by atoms with Gasteiger partial charge in [0.05, 0.1) is 80.7 Å². The molecule has 748 valence electrons. The highest BCUT2D eigenvalue weighted by Crippen LogP contribution is 2.48. The normalized spacial score (nSPS) is 17.0. The van der Waals surface area contributed by atoms with Crippen LogP contribution in [0.5, 0.6) is 0 Å². The second-order valence-electron chi connectivity index (χ2n) is 39.2. The summed E-state index contributed by atoms with van der Waals surface area (Å²) in [5, 5.41) is 54.9. The second-order valence-corrected chi connectivity index (χ2v) is 39.2. The number of pyridine rings is 5. The Labute approximate surface area is 924 Å². The molecule has 10 heterocycles. The van der Waals surface area contributed by atoms with Crippen LogP contribution in [0.4, 0.5) is 0 Å². The molecule has 15 nitrogen and oxygen atoms in total. The van der Waals surface area contributed by atoms with E-state index in [-0.39, 0.29) is 130 Å². The summed E-state index contributed by atoms with van der Waals surface area (Å²) >= 11 is 0. The van der Waals surface area contributed by atoms with Gasteiger partial charge < -0.3 is 22.1 Å². The van der Waals surface area contributed by atoms with Gasteiger partial charge in [-0.05, 0) is 278 Å². The SMILES string of the molecule is [2H]c1c(C([2H])(C)C([2H])([2H])[2H])c(C([2H])([2H])[2H])c(C)[n+](C)c1-c1c(C)cc(C([2H])([2H])[2H])c2c1oc1cccc(C#N)c12.[2H]c1c(C([2H])(C)C([2H])([2H])[2H])c(C([2H])([2H])[2H])c(C)[n+](C)c1-c1c(C)ccc2c1oc1ccc(C)c(C#N)c12.[2H]c1c(C([2H])([2H])C(C)C)c(C([2H])([2H])[2H])c(C)[n+](C)c1-c1c(C)ccc2c1oc1c(C)ccc(C#N)c12.[2H]c1c(C([2H])([2H])C(C)C)c(C([2H])([2H])[2H])c(C)[n+](C)c1-c1c(C)ccc2c1oc1cc(C)cc(C#N)c12.[2H]c1c(C([2H])([2H])C(C)C)c(C([2H])([2H])[2H])c(C)[n+](C)c1-c1c(C)ccc2c1oc1ccc(C)c(C#N)c12. The van der Waals surface area contributed by atoms with Crippen LogP contribution in [0.1, 0.15) is 299 Å². The number of hydrogen-bond acceptors (Lipinski definition) is 10. The first-order chi connectivity index (χ1) is 85.0. The summed E-state index contributed by atoms with van der Waals surface area (Å²) in [6, 6.07) is 45.3. The van der Waals surface area contributed by atoms with Crippen LogP contribution in [0, 0.1) is 212 Å². The number of benzene rings is 10. The number of aryl methyl sites for hydroxylation is 10. The first kappa shape index (κ1) is 67.2. The van der Waals surface area contributed by atoms with E-state index < -0.39 is 121 Å². The standard InChI is InChI=1S/3C27H29N2O.2C26H27N2O/c1-15(2)12-20-13-23(29(7)19(6)18(20)5)25-17(4)8-10-21-26-22(14-28)16(3)9-11-24(26)30-27(21)25;1-15(2)12-21-13-23(29(7)19(6)18(21)5)24-16(3)9-11-22-25-20(14-28)10-8-17(4)26(25)30-27(22)24;1-15(2)10-20-13-23(29(7)19(6)18(20)5)25-17(4)8-9-22-26-21(14-28)11-16(3)12-24(26)30-27(22)25;1-14(2)20-12-22(28(7)18(6)17(20)5)24-16(4)8-10-19-25-21(13-27)15(3)9-11-23(25)29-26(19)24;1-14(2)20-12-21(28(7)18(6)17(20)5)23-15(3)11-16(4)24-25-19(13-27)9-8-10-22(25)29-26(23)24/h2*8-11,13,15H,12H2,1-7H3;8-9,11-13,15H,10H2,1-7H3;2*8-12,14H,1-7H3/q5*+1/i2*5D3,12D2,13D;5D3,10D2,13D;1D3,5D3,12D,14D;1D3,4D3,5D3,12D,14D. The summed E-state index contributed by atoms with van der Waals surface area (Å²) in [5.41, 5.74) is 16.2. The van der Waals surface area contributed by atoms with E-state index in [2.05, 4.69) is 30.3 Å². The molecule has 0 aliphatic carbocycles. The maximum atomic E-state index is 9.82. The lowest BCUT2D eigenvalue weighted by Gasteiger charge is -2.15. The Balaban J connectivity index is 0.000000159. The lowest BCUT2D eigenvalue weighted by atomic mass is 9.91. The van der Waals surface area contributed by atoms with Crippen LogP contribution in [-0.2, 0) is 54.4 Å². The van der Waals surface area contributed by atoms with Crippen molar-refractivity contribution < 1.29 is 95.6 Å². The van der Waals surface area contributed by atoms with E-state index in [9.17, 15) is 31.8 Å². The monoisotopic (exact) mass is 2000 g/mol. The second kappa shape index (κ2) is 41.4. The van der Waals surface area contributed by atoms with Crippen molar-refractivity contribution in [1.29, 1.82) is 26.3 Å². The van der Waals surface area contributed by atoms with Crippen molar-refractivity contribution in [2.24, 2.45) is 53.0 Å². The van der Waals surface area contributed by atoms with Crippen LogP contribution < -0.4 is 22.8 Å². The van der Waals surface area contributed by atoms with Gasteiger partial charge in [-0.25, -0.2) is 0 Å². The molecule has 0 fully saturated rings. The molecule has 0 aliphatic heterocycles. The maximum Gasteiger partial charge on any atom is 0.216 e. The predicted molar refractivity (Wildman–Crippen MR) is 604 cm³/mol. The molecule has 0 aliphatic rings. The molecule has 0 spiro atoms. The summed E-state index contributed by atoms with van der Waals surface area (Å²) < 4.78 is 351. The summed E-state index contributed by atoms with van der Waals surface area (Å²) in [6.45, 7) is 14.9. The zero-order chi connectivity index (χ0) is 139. The number of nitrogens with zero attached hydrogens (tertiary/aromatic N) is 10. The van der Waals surface area contributed by atoms with E-state index >= 15 is 0 Å². The van der Waals surface area contributed by atoms with E-state index in [4.69, 9.17) is 67.3 Å². The molecule has 10 aromatic carbocycles. The van der Waals surface area contributed by atoms with Gasteiger partial charge in [0.25, 0.3) is 0 Å². The topological polar surface area (TPSA) is 204 Å². The summed E-state index contributed by atoms with van der Waals surface area (Å²) in [5.74, 6) is -6.54. The number of aromatic nitrogens is 5. The highest BCUT2D eigenvalue weighted by molar-refractivity contribution is 6.17. The van der Waals surface area contributed by atoms with E-state index in [0.29, 0.717) is 167 Å². The Morgan fingerprint density at radius 3 is 1.01 bits per heavy atom. The minimum Gasteiger partial charge on any atom is -0.455 e. The highest BCUT2D eigenvalue weighted by atomic mass is 16.3. The third-order valence-electron chi connectivity index (χ3n) is 28.0. The summed E-state index contributed by atoms with van der Waals surface area (Å²) in [7, 11) is 8.21. The zero-order valence-corrected chi connectivity index (χ0v) is 88.3. The van der Waals surface area contributed by atoms with E-state index in [1.54, 1.807) is 159 Å². The number of rotatable bonds is 13. The van der Waals surface area contributed by atoms with Gasteiger partial charge in [0.2, 0.25) is 28.5 Å². The molecule has 15 heteroatoms. The fourth-order valence-corrected chi connectivity index (χ4v) is 19.6. The fraction of sp³-hybridized carbons (Fsp3) is 0.323. The molecule has 148 heavy (non-hydrogen) atoms. The number of fused-ring (bicyclic) bond motifs is 15. The third kappa shape index (κ3) is 18.5. The molecule has 0 bridgehead atoms. The molecule has 0 N–H and O–H groups in total. The van der Waals surface area contributed by atoms with E-state index in [0.717, 1.165) is 63.6 Å². The van der Waals surface area contributed by atoms with E-state index in [1.807, 2.05) is 128 Å². The quantitative estimate of drug-likeness (QED) is 0.0999. The first-order valence-electron chi connectivity index (χ1n) is 67.1. The van der Waals surface area contributed by atoms with Crippen LogP contribution in [0.2, 0.25) is 0 Å². The Morgan fingerprint density at radius 1 is 0.297 bits per heavy atom. The molecule has 2 unspecified atom stereocenters. The minimum absolute atomic E-state index is 0.0559. The van der Waals surface area contributed by atoms with Gasteiger partial charge in [0.15, 0.2) is 28.5 Å². The van der Waals surface area contributed by atoms with Crippen LogP contribution in [-0.4, -0.2) is 0 Å². The van der Waals surface area contributed by atoms with Gasteiger partial charge >= 0.3 is 0 Å². The number of hydrogen-bond donors (Lipinski definition) is 0. The van der Waals surface area contributed by atoms with Gasteiger partial charge in [-0.15, -0.1) is 0 Å². The number of nitriles is 5. The largest absolute Gasteiger partial charge is 0.455 e. The van der Waals surface area contributed by atoms with Crippen LogP contribution >= 0.6 is 0 Å². The highest BCUT2D eigenvalue weighted by Gasteiger charge is 2.35. The summed E-state index contributed by atoms with van der Waals surface area (Å²) in [6.07, 6.45) is -6.18. The first-order valence-corrected chi connectivity index (χ1v) is 48.6. The maximum absolute atomic E-state index is 9.82. The van der Waals surface area contributed by atoms with Crippen molar-refractivity contribution in [3.63, 3.8) is 0 Å². The van der Waals surface area contributed by atoms with Gasteiger partial charge in [-0.3, -0.25) is 0 Å². The fourth-order valence-electron chi connectivity index (χ4n) is 19.6. The Bertz CT molecular complexity index is 10800. The Morgan fingerprint density at radius 2 is 0.635 bits per heavy atom. The summed E-state index contributed by atoms with van der Waals surface area (Å²) in [4.78, 5) is 0. The van der Waals surface area contributed by atoms with E-state index in [1.165, 1.54) is 30.7 Å². The minimum atomic E-state index is -2.98. The molecule has 10 aromatic heterocycles. The molecule has 0 amide bonds. The van der Waals surface area contributed by atoms with Crippen molar-refractivity contribution in [1.82, 2.24) is 0 Å². The van der Waals surface area contributed by atoms with Gasteiger partial charge in [-0.2, -0.15) is 49.1 Å². The van der Waals surface area contributed by atoms with Crippen molar-refractivity contribution in [3.8, 4) is 86.6 Å². The van der Waals surface area contributed by atoms with Crippen LogP contribution in [0.3, 0.4) is 0 Å². The van der Waals surface area contributed by atoms with Crippen LogP contribution in [0.25, 0.3) is 166 Å². The molecule has 0 radical (unpaired) electrons. The lowest BCUT2D eigenvalue weighted by Crippen LogP contribution is -2.36. The molecular weight excluding hydrogens is 1820 g/mol. The molecule has 2 atom stereocenters.